The second-order valence-corrected chi connectivity index (χ2v) is 10.4. The van der Waals surface area contributed by atoms with Gasteiger partial charge in [0, 0.05) is 0 Å². The first-order valence-corrected chi connectivity index (χ1v) is 13.6. The van der Waals surface area contributed by atoms with Crippen LogP contribution in [0.25, 0.3) is 0 Å². The molecule has 0 spiro atoms. The summed E-state index contributed by atoms with van der Waals surface area (Å²) in [6.07, 6.45) is 7.50. The van der Waals surface area contributed by atoms with Crippen molar-refractivity contribution in [3.8, 4) is 5.75 Å². The van der Waals surface area contributed by atoms with Crippen LogP contribution in [0.4, 0.5) is 0 Å². The van der Waals surface area contributed by atoms with Crippen LogP contribution in [-0.2, 0) is 16.8 Å². The molecule has 0 aliphatic heterocycles. The van der Waals surface area contributed by atoms with Crippen LogP contribution in [0.3, 0.4) is 0 Å². The molecule has 0 saturated heterocycles. The fourth-order valence-corrected chi connectivity index (χ4v) is 6.26. The van der Waals surface area contributed by atoms with Gasteiger partial charge in [0.15, 0.2) is 0 Å². The van der Waals surface area contributed by atoms with Crippen molar-refractivity contribution in [3.63, 3.8) is 0 Å². The van der Waals surface area contributed by atoms with E-state index in [2.05, 4.69) is 116 Å². The predicted molar refractivity (Wildman–Crippen MR) is 179 cm³/mol. The number of hydrogen-bond acceptors (Lipinski definition) is 1. The maximum absolute atomic E-state index is 5.43. The second-order valence-electron chi connectivity index (χ2n) is 10.4. The quantitative estimate of drug-likeness (QED) is 0.150. The molecular formula is C37H45CoIO. The summed E-state index contributed by atoms with van der Waals surface area (Å²) in [6, 6.07) is 39.9. The third-order valence-corrected chi connectivity index (χ3v) is 8.13. The maximum Gasteiger partial charge on any atom is 2.00 e. The molecular weight excluding hydrogens is 646 g/mol. The summed E-state index contributed by atoms with van der Waals surface area (Å²) in [5.74, 6) is 2.63. The zero-order valence-electron chi connectivity index (χ0n) is 24.4. The van der Waals surface area contributed by atoms with Crippen molar-refractivity contribution in [2.45, 2.75) is 62.7 Å². The third kappa shape index (κ3) is 8.24. The summed E-state index contributed by atoms with van der Waals surface area (Å²) < 4.78 is 5.43. The molecule has 2 aliphatic rings. The molecule has 2 fully saturated rings. The van der Waals surface area contributed by atoms with Gasteiger partial charge in [0.25, 0.3) is 0 Å². The van der Waals surface area contributed by atoms with Gasteiger partial charge in [0.05, 0.1) is 7.11 Å². The summed E-state index contributed by atoms with van der Waals surface area (Å²) >= 11 is 0. The van der Waals surface area contributed by atoms with Crippen LogP contribution in [0.1, 0.15) is 83.6 Å². The zero-order chi connectivity index (χ0) is 24.7. The number of rotatable bonds is 5. The van der Waals surface area contributed by atoms with Gasteiger partial charge >= 0.3 is 16.8 Å². The van der Waals surface area contributed by atoms with Crippen molar-refractivity contribution in [3.05, 3.63) is 152 Å². The minimum absolute atomic E-state index is 0. The monoisotopic (exact) mass is 691 g/mol. The zero-order valence-corrected chi connectivity index (χ0v) is 27.8. The largest absolute Gasteiger partial charge is 2.00 e. The Morgan fingerprint density at radius 1 is 0.475 bits per heavy atom. The van der Waals surface area contributed by atoms with Crippen LogP contribution < -0.4 is 4.74 Å². The van der Waals surface area contributed by atoms with Crippen LogP contribution in [0.5, 0.6) is 5.75 Å². The Kier molecular flexibility index (Phi) is 15.9. The molecule has 0 bridgehead atoms. The minimum atomic E-state index is 0. The van der Waals surface area contributed by atoms with Crippen molar-refractivity contribution in [1.82, 2.24) is 0 Å². The molecule has 215 valence electrons. The average Bonchev–Trinajstić information content (AvgIpc) is 3.52. The van der Waals surface area contributed by atoms with E-state index in [0.717, 1.165) is 5.75 Å². The van der Waals surface area contributed by atoms with Crippen LogP contribution in [-0.4, -0.2) is 7.11 Å². The first-order chi connectivity index (χ1) is 17.8. The van der Waals surface area contributed by atoms with Crippen molar-refractivity contribution < 1.29 is 21.5 Å². The first-order valence-electron chi connectivity index (χ1n) is 13.6. The fourth-order valence-electron chi connectivity index (χ4n) is 6.26. The number of methoxy groups -OCH3 is 1. The topological polar surface area (TPSA) is 9.23 Å². The van der Waals surface area contributed by atoms with Crippen molar-refractivity contribution in [2.75, 3.05) is 7.11 Å². The van der Waals surface area contributed by atoms with Gasteiger partial charge in [-0.15, -0.1) is 24.0 Å². The van der Waals surface area contributed by atoms with Gasteiger partial charge in [0.2, 0.25) is 0 Å². The Bertz CT molecular complexity index is 1150. The van der Waals surface area contributed by atoms with E-state index < -0.39 is 0 Å². The normalized spacial score (nSPS) is 20.4. The van der Waals surface area contributed by atoms with Gasteiger partial charge in [-0.3, -0.25) is 0 Å². The van der Waals surface area contributed by atoms with E-state index in [1.807, 2.05) is 0 Å². The molecule has 2 aliphatic carbocycles. The molecule has 0 aromatic heterocycles. The standard InChI is InChI=1S/C30H28O.C5H10.2CH3.Co.HI/c1-21-13-15-24(16-14-21)29-27(22-9-5-3-6-10-22)30(25-17-19-26(31-2)20-18-25)28(29)23-11-7-4-8-12-23;1-2-4-5-3-1;;;;/h3-20,27-30H,1-2H3;1-5H2;2*1H3;;1H/q;;2*-1;+2;. The van der Waals surface area contributed by atoms with E-state index in [1.165, 1.54) is 59.9 Å². The second kappa shape index (κ2) is 17.7. The van der Waals surface area contributed by atoms with Gasteiger partial charge < -0.3 is 19.6 Å². The smallest absolute Gasteiger partial charge is 0.497 e. The molecule has 2 atom stereocenters. The Labute approximate surface area is 271 Å². The van der Waals surface area contributed by atoms with Crippen LogP contribution in [0.15, 0.2) is 109 Å². The first kappa shape index (κ1) is 35.9. The molecule has 3 heteroatoms. The van der Waals surface area contributed by atoms with E-state index in [-0.39, 0.29) is 55.6 Å². The number of ether oxygens (including phenoxy) is 1. The molecule has 0 amide bonds. The van der Waals surface area contributed by atoms with Gasteiger partial charge in [-0.05, 0) is 65.0 Å². The van der Waals surface area contributed by atoms with E-state index in [1.54, 1.807) is 7.11 Å². The Hall–Kier alpha value is -2.08. The molecule has 1 nitrogen and oxygen atoms in total. The number of benzene rings is 4. The van der Waals surface area contributed by atoms with E-state index >= 15 is 0 Å². The third-order valence-electron chi connectivity index (χ3n) is 8.13. The molecule has 6 rings (SSSR count). The fraction of sp³-hybridized carbons (Fsp3) is 0.297. The Morgan fingerprint density at radius 2 is 0.775 bits per heavy atom. The van der Waals surface area contributed by atoms with Crippen molar-refractivity contribution in [2.24, 2.45) is 0 Å². The number of halogens is 1. The Balaban J connectivity index is 0.000000806. The summed E-state index contributed by atoms with van der Waals surface area (Å²) in [7, 11) is 1.73. The summed E-state index contributed by atoms with van der Waals surface area (Å²) in [5.41, 5.74) is 6.95. The van der Waals surface area contributed by atoms with E-state index in [4.69, 9.17) is 4.74 Å². The van der Waals surface area contributed by atoms with E-state index in [9.17, 15) is 0 Å². The van der Waals surface area contributed by atoms with Gasteiger partial charge in [-0.1, -0.05) is 135 Å². The Morgan fingerprint density at radius 3 is 1.10 bits per heavy atom. The van der Waals surface area contributed by atoms with Gasteiger partial charge in [-0.25, -0.2) is 0 Å². The van der Waals surface area contributed by atoms with Crippen LogP contribution in [0, 0.1) is 21.8 Å². The summed E-state index contributed by atoms with van der Waals surface area (Å²) in [4.78, 5) is 0. The van der Waals surface area contributed by atoms with Crippen LogP contribution in [0.2, 0.25) is 0 Å². The van der Waals surface area contributed by atoms with E-state index in [0.29, 0.717) is 23.7 Å². The van der Waals surface area contributed by atoms with Gasteiger partial charge in [0.1, 0.15) is 5.75 Å². The summed E-state index contributed by atoms with van der Waals surface area (Å²) in [6.45, 7) is 2.16. The molecule has 2 unspecified atom stereocenters. The molecule has 0 N–H and O–H groups in total. The van der Waals surface area contributed by atoms with Crippen LogP contribution >= 0.6 is 24.0 Å². The molecule has 4 aromatic rings. The van der Waals surface area contributed by atoms with Crippen molar-refractivity contribution >= 4 is 24.0 Å². The molecule has 40 heavy (non-hydrogen) atoms. The predicted octanol–water partition coefficient (Wildman–Crippen LogP) is 10.9. The minimum Gasteiger partial charge on any atom is -0.497 e. The average molecular weight is 692 g/mol. The number of aryl methyl sites for hydroxylation is 1. The van der Waals surface area contributed by atoms with Gasteiger partial charge in [-0.2, -0.15) is 0 Å². The van der Waals surface area contributed by atoms with Crippen molar-refractivity contribution in [1.29, 1.82) is 0 Å². The SMILES string of the molecule is C1CCCC1.COc1ccc(C2C(c3ccccc3)C(c3ccc(C)cc3)C2c2ccccc2)cc1.I.[CH3-].[CH3-].[Co+2]. The number of hydrogen-bond donors (Lipinski definition) is 0. The maximum atomic E-state index is 5.43. The molecule has 2 saturated carbocycles. The molecule has 1 radical (unpaired) electrons. The summed E-state index contributed by atoms with van der Waals surface area (Å²) in [5, 5.41) is 0. The molecule has 0 heterocycles. The molecule has 4 aromatic carbocycles.